The Morgan fingerprint density at radius 3 is 2.69 bits per heavy atom. The smallest absolute Gasteiger partial charge is 0.226 e. The van der Waals surface area contributed by atoms with Gasteiger partial charge in [-0.2, -0.15) is 9.97 Å². The molecule has 0 unspecified atom stereocenters. The Hall–Kier alpha value is -3.86. The minimum atomic E-state index is -0.294. The van der Waals surface area contributed by atoms with E-state index in [0.717, 1.165) is 5.56 Å². The van der Waals surface area contributed by atoms with Gasteiger partial charge in [0.25, 0.3) is 0 Å². The van der Waals surface area contributed by atoms with E-state index in [1.54, 1.807) is 36.8 Å². The van der Waals surface area contributed by atoms with Gasteiger partial charge in [0.05, 0.1) is 18.7 Å². The highest BCUT2D eigenvalue weighted by atomic mass is 19.1. The standard InChI is InChI=1S/C21H23FN8O2/c22-16-3-1-14(2-4-16)10-26-21-28-17(27-18-11-23-5-6-24-18)9-19(29-21)30-12-15(13-30)20(32)25-7-8-31/h1-6,9,11,15,31H,7-8,10,12-13H2,(H,25,32)(H2,24,26,27,28,29). The van der Waals surface area contributed by atoms with E-state index in [2.05, 4.69) is 35.9 Å². The van der Waals surface area contributed by atoms with Crippen LogP contribution >= 0.6 is 0 Å². The predicted molar refractivity (Wildman–Crippen MR) is 117 cm³/mol. The Morgan fingerprint density at radius 2 is 1.97 bits per heavy atom. The first kappa shape index (κ1) is 21.4. The largest absolute Gasteiger partial charge is 0.395 e. The Morgan fingerprint density at radius 1 is 1.16 bits per heavy atom. The molecule has 0 aliphatic carbocycles. The number of carbonyl (C=O) groups excluding carboxylic acids is 1. The summed E-state index contributed by atoms with van der Waals surface area (Å²) in [4.78, 5) is 31.3. The van der Waals surface area contributed by atoms with Crippen molar-refractivity contribution < 1.29 is 14.3 Å². The van der Waals surface area contributed by atoms with Crippen LogP contribution in [0.4, 0.5) is 27.8 Å². The second kappa shape index (κ2) is 9.96. The predicted octanol–water partition coefficient (Wildman–Crippen LogP) is 1.31. The lowest BCUT2D eigenvalue weighted by Crippen LogP contribution is -2.54. The fraction of sp³-hybridized carbons (Fsp3) is 0.286. The van der Waals surface area contributed by atoms with Gasteiger partial charge in [0.15, 0.2) is 0 Å². The number of anilines is 4. The molecule has 1 aromatic carbocycles. The van der Waals surface area contributed by atoms with Crippen LogP contribution in [0.25, 0.3) is 0 Å². The average molecular weight is 438 g/mol. The topological polar surface area (TPSA) is 128 Å². The molecular formula is C21H23FN8O2. The maximum atomic E-state index is 13.1. The molecular weight excluding hydrogens is 415 g/mol. The average Bonchev–Trinajstić information content (AvgIpc) is 2.77. The third-order valence-corrected chi connectivity index (χ3v) is 4.88. The van der Waals surface area contributed by atoms with E-state index in [-0.39, 0.29) is 30.8 Å². The van der Waals surface area contributed by atoms with Gasteiger partial charge in [0.2, 0.25) is 11.9 Å². The number of aliphatic hydroxyl groups is 1. The van der Waals surface area contributed by atoms with Crippen molar-refractivity contribution in [1.29, 1.82) is 0 Å². The summed E-state index contributed by atoms with van der Waals surface area (Å²) in [7, 11) is 0. The molecule has 0 atom stereocenters. The van der Waals surface area contributed by atoms with Gasteiger partial charge < -0.3 is 26.0 Å². The third kappa shape index (κ3) is 5.43. The highest BCUT2D eigenvalue weighted by molar-refractivity contribution is 5.82. The van der Waals surface area contributed by atoms with Crippen LogP contribution in [0.1, 0.15) is 5.56 Å². The minimum absolute atomic E-state index is 0.0862. The Labute approximate surface area is 184 Å². The normalized spacial score (nSPS) is 13.4. The molecule has 0 spiro atoms. The van der Waals surface area contributed by atoms with E-state index in [1.165, 1.54) is 12.1 Å². The molecule has 1 fully saturated rings. The number of nitrogens with zero attached hydrogens (tertiary/aromatic N) is 5. The third-order valence-electron chi connectivity index (χ3n) is 4.88. The first-order valence-electron chi connectivity index (χ1n) is 10.1. The second-order valence-electron chi connectivity index (χ2n) is 7.25. The second-order valence-corrected chi connectivity index (χ2v) is 7.25. The van der Waals surface area contributed by atoms with Crippen LogP contribution in [-0.2, 0) is 11.3 Å². The maximum Gasteiger partial charge on any atom is 0.226 e. The lowest BCUT2D eigenvalue weighted by molar-refractivity contribution is -0.125. The molecule has 1 amide bonds. The Bertz CT molecular complexity index is 1050. The van der Waals surface area contributed by atoms with Crippen LogP contribution in [0.3, 0.4) is 0 Å². The van der Waals surface area contributed by atoms with E-state index in [1.807, 2.05) is 4.90 Å². The summed E-state index contributed by atoms with van der Waals surface area (Å²) in [5.74, 6) is 1.54. The van der Waals surface area contributed by atoms with Crippen LogP contribution in [0.2, 0.25) is 0 Å². The summed E-state index contributed by atoms with van der Waals surface area (Å²) in [6, 6.07) is 7.96. The number of aliphatic hydroxyl groups excluding tert-OH is 1. The van der Waals surface area contributed by atoms with Gasteiger partial charge in [0.1, 0.15) is 23.3 Å². The van der Waals surface area contributed by atoms with Gasteiger partial charge in [-0.15, -0.1) is 0 Å². The van der Waals surface area contributed by atoms with Crippen molar-refractivity contribution in [3.8, 4) is 0 Å². The fourth-order valence-electron chi connectivity index (χ4n) is 3.17. The molecule has 1 saturated heterocycles. The molecule has 0 radical (unpaired) electrons. The first-order valence-corrected chi connectivity index (χ1v) is 10.1. The van der Waals surface area contributed by atoms with Crippen molar-refractivity contribution in [3.63, 3.8) is 0 Å². The molecule has 0 bridgehead atoms. The van der Waals surface area contributed by atoms with Gasteiger partial charge in [0, 0.05) is 44.6 Å². The van der Waals surface area contributed by atoms with E-state index >= 15 is 0 Å². The molecule has 4 N–H and O–H groups in total. The SMILES string of the molecule is O=C(NCCO)C1CN(c2cc(Nc3cnccn3)nc(NCc3ccc(F)cc3)n2)C1. The van der Waals surface area contributed by atoms with Crippen molar-refractivity contribution in [3.05, 3.63) is 60.3 Å². The zero-order valence-electron chi connectivity index (χ0n) is 17.2. The number of benzene rings is 1. The summed E-state index contributed by atoms with van der Waals surface area (Å²) in [5.41, 5.74) is 0.883. The summed E-state index contributed by atoms with van der Waals surface area (Å²) < 4.78 is 13.1. The van der Waals surface area contributed by atoms with Crippen LogP contribution in [-0.4, -0.2) is 57.2 Å². The molecule has 10 nitrogen and oxygen atoms in total. The van der Waals surface area contributed by atoms with Crippen molar-refractivity contribution in [2.24, 2.45) is 5.92 Å². The van der Waals surface area contributed by atoms with Crippen LogP contribution in [0, 0.1) is 11.7 Å². The molecule has 3 aromatic rings. The fourth-order valence-corrected chi connectivity index (χ4v) is 3.17. The minimum Gasteiger partial charge on any atom is -0.395 e. The van der Waals surface area contributed by atoms with E-state index in [4.69, 9.17) is 5.11 Å². The summed E-state index contributed by atoms with van der Waals surface area (Å²) in [5, 5.41) is 17.8. The number of rotatable bonds is 9. The van der Waals surface area contributed by atoms with Crippen molar-refractivity contribution >= 4 is 29.3 Å². The summed E-state index contributed by atoms with van der Waals surface area (Å²) in [6.07, 6.45) is 4.73. The monoisotopic (exact) mass is 438 g/mol. The quantitative estimate of drug-likeness (QED) is 0.391. The van der Waals surface area contributed by atoms with Crippen molar-refractivity contribution in [2.45, 2.75) is 6.54 Å². The number of hydrogen-bond acceptors (Lipinski definition) is 9. The molecule has 4 rings (SSSR count). The summed E-state index contributed by atoms with van der Waals surface area (Å²) >= 11 is 0. The summed E-state index contributed by atoms with van der Waals surface area (Å²) in [6.45, 7) is 1.59. The molecule has 0 saturated carbocycles. The van der Waals surface area contributed by atoms with E-state index in [0.29, 0.717) is 43.0 Å². The molecule has 1 aliphatic rings. The highest BCUT2D eigenvalue weighted by Crippen LogP contribution is 2.27. The van der Waals surface area contributed by atoms with Crippen molar-refractivity contribution in [1.82, 2.24) is 25.3 Å². The number of halogens is 1. The molecule has 166 valence electrons. The Balaban J connectivity index is 1.48. The lowest BCUT2D eigenvalue weighted by atomic mass is 9.99. The molecule has 2 aromatic heterocycles. The maximum absolute atomic E-state index is 13.1. The molecule has 3 heterocycles. The zero-order valence-corrected chi connectivity index (χ0v) is 17.2. The van der Waals surface area contributed by atoms with Gasteiger partial charge in [-0.3, -0.25) is 9.78 Å². The lowest BCUT2D eigenvalue weighted by Gasteiger charge is -2.39. The van der Waals surface area contributed by atoms with E-state index in [9.17, 15) is 9.18 Å². The Kier molecular flexibility index (Phi) is 6.66. The number of amides is 1. The molecule has 1 aliphatic heterocycles. The number of nitrogens with one attached hydrogen (secondary N) is 3. The van der Waals surface area contributed by atoms with Gasteiger partial charge in [-0.05, 0) is 17.7 Å². The van der Waals surface area contributed by atoms with Crippen LogP contribution in [0.5, 0.6) is 0 Å². The van der Waals surface area contributed by atoms with Crippen molar-refractivity contribution in [2.75, 3.05) is 41.8 Å². The first-order chi connectivity index (χ1) is 15.6. The number of hydrogen-bond donors (Lipinski definition) is 4. The number of carbonyl (C=O) groups is 1. The number of aromatic nitrogens is 4. The van der Waals surface area contributed by atoms with Gasteiger partial charge >= 0.3 is 0 Å². The zero-order chi connectivity index (χ0) is 22.3. The van der Waals surface area contributed by atoms with Gasteiger partial charge in [-0.25, -0.2) is 9.37 Å². The van der Waals surface area contributed by atoms with E-state index < -0.39 is 0 Å². The van der Waals surface area contributed by atoms with Crippen LogP contribution < -0.4 is 20.9 Å². The van der Waals surface area contributed by atoms with Crippen LogP contribution in [0.15, 0.2) is 48.9 Å². The molecule has 11 heteroatoms. The molecule has 32 heavy (non-hydrogen) atoms. The highest BCUT2D eigenvalue weighted by Gasteiger charge is 2.33. The van der Waals surface area contributed by atoms with Gasteiger partial charge in [-0.1, -0.05) is 12.1 Å².